The van der Waals surface area contributed by atoms with E-state index < -0.39 is 17.8 Å². The Hall–Kier alpha value is -3.13. The molecule has 7 nitrogen and oxygen atoms in total. The molecule has 1 aliphatic heterocycles. The monoisotopic (exact) mass is 444 g/mol. The summed E-state index contributed by atoms with van der Waals surface area (Å²) in [6.45, 7) is 3.40. The van der Waals surface area contributed by atoms with Gasteiger partial charge in [0, 0.05) is 41.6 Å². The van der Waals surface area contributed by atoms with Gasteiger partial charge in [0.1, 0.15) is 17.3 Å². The topological polar surface area (TPSA) is 86.9 Å². The molecule has 0 radical (unpaired) electrons. The zero-order valence-electron chi connectivity index (χ0n) is 16.9. The van der Waals surface area contributed by atoms with Gasteiger partial charge in [0.15, 0.2) is 0 Å². The van der Waals surface area contributed by atoms with Crippen molar-refractivity contribution in [2.24, 2.45) is 0 Å². The number of nitrogens with zero attached hydrogens (tertiary/aromatic N) is 3. The van der Waals surface area contributed by atoms with E-state index in [1.54, 1.807) is 19.1 Å². The third kappa shape index (κ3) is 4.34. The second kappa shape index (κ2) is 8.55. The standard InChI is InChI=1S/C22H22ClFN4O3/c1-13(25-18-6-5-14(23)9-17(18)22(30)31)16-10-15(24)12-28-20(29)11-19(26-21(16)28)27-7-3-2-4-8-27/h5-6,9-13,25H,2-4,7-8H2,1H3,(H,30,31)/t13-/m1/s1. The Labute approximate surface area is 183 Å². The number of carboxylic acids is 1. The molecule has 2 N–H and O–H groups in total. The van der Waals surface area contributed by atoms with Gasteiger partial charge in [-0.05, 0) is 50.5 Å². The van der Waals surface area contributed by atoms with Crippen molar-refractivity contribution in [1.29, 1.82) is 0 Å². The molecule has 31 heavy (non-hydrogen) atoms. The number of aromatic carboxylic acids is 1. The van der Waals surface area contributed by atoms with Gasteiger partial charge in [-0.3, -0.25) is 9.20 Å². The van der Waals surface area contributed by atoms with Crippen LogP contribution >= 0.6 is 11.6 Å². The van der Waals surface area contributed by atoms with Crippen LogP contribution in [0.1, 0.15) is 48.1 Å². The van der Waals surface area contributed by atoms with Crippen molar-refractivity contribution >= 4 is 34.7 Å². The molecule has 162 valence electrons. The summed E-state index contributed by atoms with van der Waals surface area (Å²) in [6.07, 6.45) is 4.33. The van der Waals surface area contributed by atoms with Gasteiger partial charge in [0.05, 0.1) is 11.6 Å². The van der Waals surface area contributed by atoms with Crippen LogP contribution in [-0.4, -0.2) is 33.6 Å². The van der Waals surface area contributed by atoms with Gasteiger partial charge >= 0.3 is 5.97 Å². The van der Waals surface area contributed by atoms with Gasteiger partial charge in [0.2, 0.25) is 0 Å². The number of rotatable bonds is 5. The highest BCUT2D eigenvalue weighted by atomic mass is 35.5. The Bertz CT molecular complexity index is 1210. The van der Waals surface area contributed by atoms with Crippen LogP contribution in [-0.2, 0) is 0 Å². The van der Waals surface area contributed by atoms with Crippen LogP contribution in [0.5, 0.6) is 0 Å². The lowest BCUT2D eigenvalue weighted by molar-refractivity contribution is 0.0698. The molecule has 3 aromatic rings. The molecular weight excluding hydrogens is 423 g/mol. The molecule has 0 amide bonds. The fourth-order valence-corrected chi connectivity index (χ4v) is 4.09. The van der Waals surface area contributed by atoms with Crippen molar-refractivity contribution in [2.75, 3.05) is 23.3 Å². The maximum absolute atomic E-state index is 14.4. The Morgan fingerprint density at radius 3 is 2.68 bits per heavy atom. The van der Waals surface area contributed by atoms with Crippen molar-refractivity contribution < 1.29 is 14.3 Å². The minimum atomic E-state index is -1.14. The summed E-state index contributed by atoms with van der Waals surface area (Å²) >= 11 is 5.93. The maximum Gasteiger partial charge on any atom is 0.337 e. The summed E-state index contributed by atoms with van der Waals surface area (Å²) in [7, 11) is 0. The smallest absolute Gasteiger partial charge is 0.337 e. The largest absolute Gasteiger partial charge is 0.478 e. The molecule has 1 saturated heterocycles. The van der Waals surface area contributed by atoms with Crippen LogP contribution in [0.2, 0.25) is 5.02 Å². The van der Waals surface area contributed by atoms with Gasteiger partial charge in [-0.25, -0.2) is 14.2 Å². The Kier molecular flexibility index (Phi) is 5.82. The molecule has 2 aromatic heterocycles. The number of fused-ring (bicyclic) bond motifs is 1. The number of piperidine rings is 1. The fraction of sp³-hybridized carbons (Fsp3) is 0.318. The fourth-order valence-electron chi connectivity index (χ4n) is 3.92. The minimum absolute atomic E-state index is 0.000750. The number of halogens is 2. The number of anilines is 2. The van der Waals surface area contributed by atoms with E-state index in [1.807, 2.05) is 0 Å². The molecule has 0 saturated carbocycles. The molecule has 0 unspecified atom stereocenters. The summed E-state index contributed by atoms with van der Waals surface area (Å²) in [5, 5.41) is 12.9. The molecule has 1 aliphatic rings. The van der Waals surface area contributed by atoms with E-state index in [4.69, 9.17) is 11.6 Å². The van der Waals surface area contributed by atoms with E-state index >= 15 is 0 Å². The number of aromatic nitrogens is 2. The number of carbonyl (C=O) groups is 1. The quantitative estimate of drug-likeness (QED) is 0.608. The third-order valence-corrected chi connectivity index (χ3v) is 5.71. The van der Waals surface area contributed by atoms with E-state index in [2.05, 4.69) is 15.2 Å². The van der Waals surface area contributed by atoms with Crippen LogP contribution in [0.25, 0.3) is 5.65 Å². The Morgan fingerprint density at radius 1 is 1.23 bits per heavy atom. The van der Waals surface area contributed by atoms with Crippen molar-refractivity contribution in [3.63, 3.8) is 0 Å². The molecule has 4 rings (SSSR count). The van der Waals surface area contributed by atoms with Gasteiger partial charge in [0.25, 0.3) is 5.56 Å². The zero-order chi connectivity index (χ0) is 22.1. The van der Waals surface area contributed by atoms with Crippen LogP contribution in [0.15, 0.2) is 41.3 Å². The SMILES string of the molecule is C[C@@H](Nc1ccc(Cl)cc1C(=O)O)c1cc(F)cn2c(=O)cc(N3CCCCC3)nc12. The average molecular weight is 445 g/mol. The first-order valence-corrected chi connectivity index (χ1v) is 10.5. The number of hydrogen-bond acceptors (Lipinski definition) is 5. The van der Waals surface area contributed by atoms with Gasteiger partial charge in [-0.1, -0.05) is 11.6 Å². The summed E-state index contributed by atoms with van der Waals surface area (Å²) < 4.78 is 15.5. The van der Waals surface area contributed by atoms with Crippen molar-refractivity contribution in [1.82, 2.24) is 9.38 Å². The Balaban J connectivity index is 1.78. The van der Waals surface area contributed by atoms with Crippen molar-refractivity contribution in [3.05, 3.63) is 68.8 Å². The molecule has 0 aliphatic carbocycles. The van der Waals surface area contributed by atoms with Crippen LogP contribution in [0.4, 0.5) is 15.9 Å². The highest BCUT2D eigenvalue weighted by Gasteiger charge is 2.20. The molecule has 9 heteroatoms. The van der Waals surface area contributed by atoms with E-state index in [-0.39, 0.29) is 11.1 Å². The molecule has 0 spiro atoms. The number of nitrogens with one attached hydrogen (secondary N) is 1. The predicted molar refractivity (Wildman–Crippen MR) is 118 cm³/mol. The van der Waals surface area contributed by atoms with Crippen molar-refractivity contribution in [3.8, 4) is 0 Å². The molecular formula is C22H22ClFN4O3. The zero-order valence-corrected chi connectivity index (χ0v) is 17.7. The van der Waals surface area contributed by atoms with Crippen molar-refractivity contribution in [2.45, 2.75) is 32.2 Å². The summed E-state index contributed by atoms with van der Waals surface area (Å²) in [4.78, 5) is 31.1. The van der Waals surface area contributed by atoms with E-state index in [0.29, 0.717) is 27.7 Å². The highest BCUT2D eigenvalue weighted by Crippen LogP contribution is 2.28. The number of hydrogen-bond donors (Lipinski definition) is 2. The first-order chi connectivity index (χ1) is 14.8. The lowest BCUT2D eigenvalue weighted by atomic mass is 10.1. The van der Waals surface area contributed by atoms with E-state index in [9.17, 15) is 19.1 Å². The predicted octanol–water partition coefficient (Wildman–Crippen LogP) is 4.35. The summed E-state index contributed by atoms with van der Waals surface area (Å²) in [5.74, 6) is -1.15. The normalized spacial score (nSPS) is 15.1. The molecule has 0 bridgehead atoms. The minimum Gasteiger partial charge on any atom is -0.478 e. The van der Waals surface area contributed by atoms with Gasteiger partial charge in [-0.2, -0.15) is 0 Å². The maximum atomic E-state index is 14.4. The lowest BCUT2D eigenvalue weighted by Crippen LogP contribution is -2.32. The van der Waals surface area contributed by atoms with Gasteiger partial charge in [-0.15, -0.1) is 0 Å². The van der Waals surface area contributed by atoms with Crippen LogP contribution < -0.4 is 15.8 Å². The number of pyridine rings is 1. The first-order valence-electron chi connectivity index (χ1n) is 10.1. The highest BCUT2D eigenvalue weighted by molar-refractivity contribution is 6.31. The molecule has 1 aromatic carbocycles. The molecule has 1 atom stereocenters. The first kappa shape index (κ1) is 21.1. The second-order valence-electron chi connectivity index (χ2n) is 7.67. The molecule has 1 fully saturated rings. The second-order valence-corrected chi connectivity index (χ2v) is 8.11. The lowest BCUT2D eigenvalue weighted by Gasteiger charge is -2.28. The van der Waals surface area contributed by atoms with Crippen LogP contribution in [0.3, 0.4) is 0 Å². The molecule has 3 heterocycles. The third-order valence-electron chi connectivity index (χ3n) is 5.47. The summed E-state index contributed by atoms with van der Waals surface area (Å²) in [5.41, 5.74) is 0.749. The summed E-state index contributed by atoms with van der Waals surface area (Å²) in [6, 6.07) is 6.69. The number of benzene rings is 1. The van der Waals surface area contributed by atoms with E-state index in [1.165, 1.54) is 22.6 Å². The number of carboxylic acid groups (broad SMARTS) is 1. The van der Waals surface area contributed by atoms with Gasteiger partial charge < -0.3 is 15.3 Å². The van der Waals surface area contributed by atoms with Crippen LogP contribution in [0, 0.1) is 5.82 Å². The Morgan fingerprint density at radius 2 is 1.97 bits per heavy atom. The van der Waals surface area contributed by atoms with E-state index in [0.717, 1.165) is 38.5 Å². The average Bonchev–Trinajstić information content (AvgIpc) is 2.75.